The van der Waals surface area contributed by atoms with Crippen molar-refractivity contribution in [3.63, 3.8) is 0 Å². The standard InChI is InChI=1S/C24H21N5O3S2/c1-14-15(2)34-22-21(14)23(31)28(13-25-22)27-20(30)12-33-24-26-18-6-4-5-7-19(18)29(24)16-8-10-17(32-3)11-9-16/h4-11,13H,12H2,1-3H3,(H,27,30). The number of methoxy groups -OCH3 is 1. The van der Waals surface area contributed by atoms with Gasteiger partial charge in [0, 0.05) is 10.6 Å². The van der Waals surface area contributed by atoms with Crippen LogP contribution in [0, 0.1) is 13.8 Å². The highest BCUT2D eigenvalue weighted by atomic mass is 32.2. The number of benzene rings is 2. The molecule has 3 heterocycles. The SMILES string of the molecule is COc1ccc(-n2c(SCC(=O)Nn3cnc4sc(C)c(C)c4c3=O)nc3ccccc32)cc1. The van der Waals surface area contributed by atoms with Gasteiger partial charge in [-0.25, -0.2) is 14.6 Å². The van der Waals surface area contributed by atoms with E-state index in [1.165, 1.54) is 29.4 Å². The first-order chi connectivity index (χ1) is 16.5. The number of rotatable bonds is 6. The van der Waals surface area contributed by atoms with Crippen LogP contribution in [-0.2, 0) is 4.79 Å². The van der Waals surface area contributed by atoms with Gasteiger partial charge in [-0.2, -0.15) is 0 Å². The molecule has 1 N–H and O–H groups in total. The highest BCUT2D eigenvalue weighted by Gasteiger charge is 2.16. The van der Waals surface area contributed by atoms with Gasteiger partial charge >= 0.3 is 0 Å². The minimum Gasteiger partial charge on any atom is -0.497 e. The number of ether oxygens (including phenoxy) is 1. The lowest BCUT2D eigenvalue weighted by Crippen LogP contribution is -2.34. The van der Waals surface area contributed by atoms with Crippen LogP contribution in [0.2, 0.25) is 0 Å². The van der Waals surface area contributed by atoms with Crippen molar-refractivity contribution in [3.05, 3.63) is 75.7 Å². The number of thioether (sulfide) groups is 1. The molecule has 0 aliphatic heterocycles. The third-order valence-electron chi connectivity index (χ3n) is 5.53. The van der Waals surface area contributed by atoms with Gasteiger partial charge < -0.3 is 4.74 Å². The van der Waals surface area contributed by atoms with E-state index in [0.29, 0.717) is 15.4 Å². The number of aryl methyl sites for hydroxylation is 2. The maximum Gasteiger partial charge on any atom is 0.281 e. The predicted octanol–water partition coefficient (Wildman–Crippen LogP) is 4.28. The number of carbonyl (C=O) groups is 1. The fourth-order valence-corrected chi connectivity index (χ4v) is 5.50. The molecule has 10 heteroatoms. The number of imidazole rings is 1. The Hall–Kier alpha value is -3.63. The Labute approximate surface area is 203 Å². The number of amides is 1. The highest BCUT2D eigenvalue weighted by Crippen LogP contribution is 2.29. The molecule has 0 unspecified atom stereocenters. The van der Waals surface area contributed by atoms with Gasteiger partial charge in [-0.05, 0) is 55.8 Å². The third-order valence-corrected chi connectivity index (χ3v) is 7.58. The number of nitrogens with zero attached hydrogens (tertiary/aromatic N) is 4. The second-order valence-electron chi connectivity index (χ2n) is 7.62. The van der Waals surface area contributed by atoms with E-state index >= 15 is 0 Å². The van der Waals surface area contributed by atoms with Crippen LogP contribution in [0.15, 0.2) is 64.8 Å². The second-order valence-corrected chi connectivity index (χ2v) is 9.77. The maximum absolute atomic E-state index is 12.9. The zero-order valence-corrected chi connectivity index (χ0v) is 20.4. The van der Waals surface area contributed by atoms with Gasteiger partial charge in [0.05, 0.1) is 29.3 Å². The molecule has 0 fully saturated rings. The van der Waals surface area contributed by atoms with E-state index in [4.69, 9.17) is 9.72 Å². The van der Waals surface area contributed by atoms with Crippen molar-refractivity contribution >= 4 is 50.3 Å². The summed E-state index contributed by atoms with van der Waals surface area (Å²) in [6.07, 6.45) is 1.36. The summed E-state index contributed by atoms with van der Waals surface area (Å²) in [4.78, 5) is 36.4. The van der Waals surface area contributed by atoms with Gasteiger partial charge in [0.15, 0.2) is 5.16 Å². The molecule has 0 radical (unpaired) electrons. The highest BCUT2D eigenvalue weighted by molar-refractivity contribution is 7.99. The van der Waals surface area contributed by atoms with Crippen molar-refractivity contribution < 1.29 is 9.53 Å². The van der Waals surface area contributed by atoms with Crippen molar-refractivity contribution in [2.24, 2.45) is 0 Å². The van der Waals surface area contributed by atoms with E-state index in [0.717, 1.165) is 37.6 Å². The van der Waals surface area contributed by atoms with E-state index < -0.39 is 0 Å². The summed E-state index contributed by atoms with van der Waals surface area (Å²) in [5, 5.41) is 1.21. The molecule has 2 aromatic carbocycles. The first-order valence-corrected chi connectivity index (χ1v) is 12.3. The van der Waals surface area contributed by atoms with Crippen molar-refractivity contribution in [2.45, 2.75) is 19.0 Å². The summed E-state index contributed by atoms with van der Waals surface area (Å²) in [7, 11) is 1.63. The first kappa shape index (κ1) is 22.2. The quantitative estimate of drug-likeness (QED) is 0.357. The smallest absolute Gasteiger partial charge is 0.281 e. The number of hydrogen-bond donors (Lipinski definition) is 1. The zero-order valence-electron chi connectivity index (χ0n) is 18.7. The van der Waals surface area contributed by atoms with E-state index in [-0.39, 0.29) is 17.2 Å². The summed E-state index contributed by atoms with van der Waals surface area (Å²) < 4.78 is 8.42. The Morgan fingerprint density at radius 1 is 1.15 bits per heavy atom. The van der Waals surface area contributed by atoms with Crippen molar-refractivity contribution in [2.75, 3.05) is 18.3 Å². The van der Waals surface area contributed by atoms with E-state index in [1.807, 2.05) is 66.9 Å². The van der Waals surface area contributed by atoms with Crippen LogP contribution in [0.5, 0.6) is 5.75 Å². The largest absolute Gasteiger partial charge is 0.497 e. The molecule has 0 saturated carbocycles. The molecule has 3 aromatic heterocycles. The Morgan fingerprint density at radius 2 is 1.91 bits per heavy atom. The topological polar surface area (TPSA) is 91.0 Å². The Morgan fingerprint density at radius 3 is 2.68 bits per heavy atom. The van der Waals surface area contributed by atoms with Crippen LogP contribution in [0.1, 0.15) is 10.4 Å². The molecule has 0 aliphatic carbocycles. The monoisotopic (exact) mass is 491 g/mol. The molecular weight excluding hydrogens is 470 g/mol. The van der Waals surface area contributed by atoms with Gasteiger partial charge in [0.1, 0.15) is 16.9 Å². The summed E-state index contributed by atoms with van der Waals surface area (Å²) >= 11 is 2.77. The van der Waals surface area contributed by atoms with E-state index in [2.05, 4.69) is 10.4 Å². The average Bonchev–Trinajstić information content (AvgIpc) is 3.36. The Balaban J connectivity index is 1.40. The Kier molecular flexibility index (Phi) is 5.84. The molecule has 8 nitrogen and oxygen atoms in total. The lowest BCUT2D eigenvalue weighted by Gasteiger charge is -2.10. The summed E-state index contributed by atoms with van der Waals surface area (Å²) in [5.41, 5.74) is 5.93. The van der Waals surface area contributed by atoms with Gasteiger partial charge in [0.25, 0.3) is 5.56 Å². The van der Waals surface area contributed by atoms with Crippen LogP contribution in [0.4, 0.5) is 0 Å². The number of fused-ring (bicyclic) bond motifs is 2. The van der Waals surface area contributed by atoms with Gasteiger partial charge in [-0.15, -0.1) is 11.3 Å². The first-order valence-electron chi connectivity index (χ1n) is 10.5. The molecule has 5 rings (SSSR count). The average molecular weight is 492 g/mol. The maximum atomic E-state index is 12.9. The van der Waals surface area contributed by atoms with Crippen molar-refractivity contribution in [1.82, 2.24) is 19.2 Å². The van der Waals surface area contributed by atoms with E-state index in [9.17, 15) is 9.59 Å². The number of aromatic nitrogens is 4. The normalized spacial score (nSPS) is 11.3. The van der Waals surface area contributed by atoms with Crippen molar-refractivity contribution in [1.29, 1.82) is 0 Å². The molecule has 0 atom stereocenters. The molecule has 0 bridgehead atoms. The van der Waals surface area contributed by atoms with E-state index in [1.54, 1.807) is 7.11 Å². The molecule has 34 heavy (non-hydrogen) atoms. The van der Waals surface area contributed by atoms with Gasteiger partial charge in [-0.3, -0.25) is 19.6 Å². The minimum absolute atomic E-state index is 0.0750. The molecule has 0 aliphatic rings. The molecule has 0 saturated heterocycles. The molecule has 5 aromatic rings. The molecule has 172 valence electrons. The van der Waals surface area contributed by atoms with Gasteiger partial charge in [-0.1, -0.05) is 23.9 Å². The van der Waals surface area contributed by atoms with Crippen LogP contribution < -0.4 is 15.7 Å². The predicted molar refractivity (Wildman–Crippen MR) is 136 cm³/mol. The molecular formula is C24H21N5O3S2. The summed E-state index contributed by atoms with van der Waals surface area (Å²) in [5.74, 6) is 0.506. The zero-order chi connectivity index (χ0) is 23.8. The number of thiophene rings is 1. The minimum atomic E-state index is -0.328. The van der Waals surface area contributed by atoms with Crippen molar-refractivity contribution in [3.8, 4) is 11.4 Å². The number of para-hydroxylation sites is 2. The summed E-state index contributed by atoms with van der Waals surface area (Å²) in [6.45, 7) is 3.85. The number of hydrogen-bond acceptors (Lipinski definition) is 7. The molecule has 0 spiro atoms. The second kappa shape index (κ2) is 8.96. The summed E-state index contributed by atoms with van der Waals surface area (Å²) in [6, 6.07) is 15.5. The lowest BCUT2D eigenvalue weighted by atomic mass is 10.2. The third kappa shape index (κ3) is 3.95. The van der Waals surface area contributed by atoms with Crippen LogP contribution >= 0.6 is 23.1 Å². The number of carbonyl (C=O) groups excluding carboxylic acids is 1. The number of nitrogens with one attached hydrogen (secondary N) is 1. The van der Waals surface area contributed by atoms with Gasteiger partial charge in [0.2, 0.25) is 5.91 Å². The fourth-order valence-electron chi connectivity index (χ4n) is 3.69. The van der Waals surface area contributed by atoms with Crippen LogP contribution in [-0.4, -0.2) is 38.0 Å². The fraction of sp³-hybridized carbons (Fsp3) is 0.167. The molecule has 1 amide bonds. The van der Waals surface area contributed by atoms with Crippen LogP contribution in [0.3, 0.4) is 0 Å². The Bertz CT molecular complexity index is 1580. The van der Waals surface area contributed by atoms with Crippen LogP contribution in [0.25, 0.3) is 26.9 Å². The lowest BCUT2D eigenvalue weighted by molar-refractivity contribution is -0.114.